The monoisotopic (exact) mass is 465 g/mol. The Hall–Kier alpha value is -3.52. The third-order valence-corrected chi connectivity index (χ3v) is 6.39. The maximum Gasteiger partial charge on any atom is 0.291 e. The second kappa shape index (κ2) is 8.44. The van der Waals surface area contributed by atoms with Crippen LogP contribution in [0, 0.1) is 6.92 Å². The first-order valence-corrected chi connectivity index (χ1v) is 11.2. The lowest BCUT2D eigenvalue weighted by atomic mass is 10.2. The van der Waals surface area contributed by atoms with Crippen LogP contribution in [0.5, 0.6) is 5.75 Å². The Labute approximate surface area is 195 Å². The fraction of sp³-hybridized carbons (Fsp3) is 0.292. The Morgan fingerprint density at radius 3 is 2.55 bits per heavy atom. The van der Waals surface area contributed by atoms with Crippen LogP contribution < -0.4 is 15.2 Å². The van der Waals surface area contributed by atoms with E-state index in [2.05, 4.69) is 10.00 Å². The summed E-state index contributed by atoms with van der Waals surface area (Å²) in [7, 11) is 1.60. The van der Waals surface area contributed by atoms with Crippen LogP contribution in [-0.4, -0.2) is 58.3 Å². The Balaban J connectivity index is 1.37. The molecule has 0 unspecified atom stereocenters. The van der Waals surface area contributed by atoms with Gasteiger partial charge in [0.15, 0.2) is 0 Å². The number of halogens is 1. The van der Waals surface area contributed by atoms with E-state index >= 15 is 0 Å². The highest BCUT2D eigenvalue weighted by atomic mass is 35.5. The van der Waals surface area contributed by atoms with Gasteiger partial charge in [0.25, 0.3) is 5.56 Å². The van der Waals surface area contributed by atoms with Gasteiger partial charge >= 0.3 is 0 Å². The molecule has 3 heterocycles. The third-order valence-electron chi connectivity index (χ3n) is 6.16. The number of anilines is 1. The average molecular weight is 466 g/mol. The molecule has 0 aliphatic carbocycles. The van der Waals surface area contributed by atoms with E-state index in [0.29, 0.717) is 48.3 Å². The van der Waals surface area contributed by atoms with Crippen molar-refractivity contribution in [3.63, 3.8) is 0 Å². The second-order valence-corrected chi connectivity index (χ2v) is 8.55. The van der Waals surface area contributed by atoms with Gasteiger partial charge in [-0.15, -0.1) is 0 Å². The van der Waals surface area contributed by atoms with E-state index in [0.717, 1.165) is 16.6 Å². The highest BCUT2D eigenvalue weighted by Gasteiger charge is 2.23. The molecule has 0 bridgehead atoms. The van der Waals surface area contributed by atoms with Crippen LogP contribution in [-0.2, 0) is 11.3 Å². The number of rotatable bonds is 4. The van der Waals surface area contributed by atoms with Crippen LogP contribution in [0.25, 0.3) is 16.4 Å². The van der Waals surface area contributed by atoms with E-state index in [9.17, 15) is 9.59 Å². The first-order chi connectivity index (χ1) is 16.0. The predicted octanol–water partition coefficient (Wildman–Crippen LogP) is 2.97. The number of ether oxygens (including phenoxy) is 1. The van der Waals surface area contributed by atoms with Crippen LogP contribution in [0.3, 0.4) is 0 Å². The standard InChI is InChI=1S/C24H24ClN5O3/c1-16-26-29(24(32)21-14-19-20(30(16)21)7-4-8-22(19)33-2)15-23(31)28-11-9-27(10-12-28)18-6-3-5-17(25)13-18/h3-8,13-14H,9-12,15H2,1-2H3. The number of piperazine rings is 1. The van der Waals surface area contributed by atoms with E-state index in [1.54, 1.807) is 18.1 Å². The summed E-state index contributed by atoms with van der Waals surface area (Å²) in [4.78, 5) is 30.2. The summed E-state index contributed by atoms with van der Waals surface area (Å²) < 4.78 is 8.52. The molecule has 5 rings (SSSR count). The Kier molecular flexibility index (Phi) is 5.46. The van der Waals surface area contributed by atoms with Crippen molar-refractivity contribution in [3.05, 3.63) is 69.7 Å². The molecular weight excluding hydrogens is 442 g/mol. The summed E-state index contributed by atoms with van der Waals surface area (Å²) in [5.74, 6) is 1.20. The van der Waals surface area contributed by atoms with Crippen LogP contribution in [0.4, 0.5) is 5.69 Å². The van der Waals surface area contributed by atoms with Crippen molar-refractivity contribution in [2.24, 2.45) is 0 Å². The molecule has 0 radical (unpaired) electrons. The van der Waals surface area contributed by atoms with Gasteiger partial charge in [0.05, 0.1) is 12.6 Å². The molecule has 4 aromatic rings. The number of hydrogen-bond acceptors (Lipinski definition) is 5. The van der Waals surface area contributed by atoms with Crippen molar-refractivity contribution in [1.82, 2.24) is 19.1 Å². The molecule has 33 heavy (non-hydrogen) atoms. The molecule has 2 aromatic carbocycles. The van der Waals surface area contributed by atoms with Crippen LogP contribution in [0.15, 0.2) is 53.3 Å². The van der Waals surface area contributed by atoms with Gasteiger partial charge in [-0.05, 0) is 43.3 Å². The van der Waals surface area contributed by atoms with E-state index in [4.69, 9.17) is 16.3 Å². The number of hydrogen-bond donors (Lipinski definition) is 0. The minimum atomic E-state index is -0.301. The van der Waals surface area contributed by atoms with E-state index in [1.165, 1.54) is 4.68 Å². The first-order valence-electron chi connectivity index (χ1n) is 10.8. The van der Waals surface area contributed by atoms with Crippen molar-refractivity contribution in [2.75, 3.05) is 38.2 Å². The highest BCUT2D eigenvalue weighted by Crippen LogP contribution is 2.28. The number of carbonyl (C=O) groups is 1. The zero-order chi connectivity index (χ0) is 23.1. The predicted molar refractivity (Wildman–Crippen MR) is 128 cm³/mol. The Morgan fingerprint density at radius 1 is 1.06 bits per heavy atom. The van der Waals surface area contributed by atoms with E-state index < -0.39 is 0 Å². The first kappa shape index (κ1) is 21.3. The summed E-state index contributed by atoms with van der Waals surface area (Å²) in [5.41, 5.74) is 2.07. The van der Waals surface area contributed by atoms with Gasteiger partial charge in [-0.3, -0.25) is 14.0 Å². The van der Waals surface area contributed by atoms with Gasteiger partial charge in [0.1, 0.15) is 23.6 Å². The maximum absolute atomic E-state index is 13.2. The average Bonchev–Trinajstić information content (AvgIpc) is 3.23. The van der Waals surface area contributed by atoms with Crippen molar-refractivity contribution in [1.29, 1.82) is 0 Å². The minimum Gasteiger partial charge on any atom is -0.496 e. The molecule has 1 fully saturated rings. The number of aryl methyl sites for hydroxylation is 1. The fourth-order valence-electron chi connectivity index (χ4n) is 4.51. The maximum atomic E-state index is 13.2. The SMILES string of the molecule is COc1cccc2c1cc1c(=O)n(CC(=O)N3CCN(c4cccc(Cl)c4)CC3)nc(C)n12. The van der Waals surface area contributed by atoms with Gasteiger partial charge in [-0.25, -0.2) is 4.68 Å². The van der Waals surface area contributed by atoms with Gasteiger partial charge in [-0.2, -0.15) is 5.10 Å². The van der Waals surface area contributed by atoms with Crippen molar-refractivity contribution in [2.45, 2.75) is 13.5 Å². The zero-order valence-electron chi connectivity index (χ0n) is 18.5. The smallest absolute Gasteiger partial charge is 0.291 e. The number of amides is 1. The van der Waals surface area contributed by atoms with Crippen molar-refractivity contribution in [3.8, 4) is 5.75 Å². The molecular formula is C24H24ClN5O3. The summed E-state index contributed by atoms with van der Waals surface area (Å²) in [6.07, 6.45) is 0. The summed E-state index contributed by atoms with van der Waals surface area (Å²) >= 11 is 6.11. The molecule has 0 spiro atoms. The largest absolute Gasteiger partial charge is 0.496 e. The number of nitrogens with zero attached hydrogens (tertiary/aromatic N) is 5. The van der Waals surface area contributed by atoms with E-state index in [1.807, 2.05) is 53.8 Å². The number of methoxy groups -OCH3 is 1. The van der Waals surface area contributed by atoms with Crippen LogP contribution in [0.1, 0.15) is 5.82 Å². The molecule has 1 amide bonds. The molecule has 8 nitrogen and oxygen atoms in total. The molecule has 2 aromatic heterocycles. The fourth-order valence-corrected chi connectivity index (χ4v) is 4.69. The van der Waals surface area contributed by atoms with Gasteiger partial charge in [-0.1, -0.05) is 23.7 Å². The summed E-state index contributed by atoms with van der Waals surface area (Å²) in [6.45, 7) is 4.30. The molecule has 0 N–H and O–H groups in total. The molecule has 170 valence electrons. The van der Waals surface area contributed by atoms with Crippen LogP contribution in [0.2, 0.25) is 5.02 Å². The second-order valence-electron chi connectivity index (χ2n) is 8.12. The zero-order valence-corrected chi connectivity index (χ0v) is 19.2. The highest BCUT2D eigenvalue weighted by molar-refractivity contribution is 6.30. The van der Waals surface area contributed by atoms with Crippen LogP contribution >= 0.6 is 11.6 Å². The normalized spacial score (nSPS) is 14.3. The molecule has 1 aliphatic heterocycles. The lowest BCUT2D eigenvalue weighted by molar-refractivity contribution is -0.132. The van der Waals surface area contributed by atoms with Crippen molar-refractivity contribution < 1.29 is 9.53 Å². The number of carbonyl (C=O) groups excluding carboxylic acids is 1. The van der Waals surface area contributed by atoms with Gasteiger partial charge in [0, 0.05) is 42.3 Å². The lowest BCUT2D eigenvalue weighted by Gasteiger charge is -2.36. The molecule has 1 saturated heterocycles. The number of aromatic nitrogens is 3. The quantitative estimate of drug-likeness (QED) is 0.463. The molecule has 1 aliphatic rings. The number of fused-ring (bicyclic) bond motifs is 3. The molecule has 0 atom stereocenters. The Morgan fingerprint density at radius 2 is 1.82 bits per heavy atom. The van der Waals surface area contributed by atoms with Crippen molar-refractivity contribution >= 4 is 39.6 Å². The summed E-state index contributed by atoms with van der Waals surface area (Å²) in [6, 6.07) is 15.2. The topological polar surface area (TPSA) is 72.1 Å². The molecule has 0 saturated carbocycles. The number of benzene rings is 2. The van der Waals surface area contributed by atoms with E-state index in [-0.39, 0.29) is 18.0 Å². The molecule has 9 heteroatoms. The lowest BCUT2D eigenvalue weighted by Crippen LogP contribution is -2.50. The Bertz CT molecular complexity index is 1420. The minimum absolute atomic E-state index is 0.0913. The van der Waals surface area contributed by atoms with Gasteiger partial charge in [0.2, 0.25) is 5.91 Å². The van der Waals surface area contributed by atoms with Gasteiger partial charge < -0.3 is 14.5 Å². The third kappa shape index (κ3) is 3.80. The summed E-state index contributed by atoms with van der Waals surface area (Å²) in [5, 5.41) is 5.97.